The Balaban J connectivity index is 1.39. The minimum Gasteiger partial charge on any atom is -0.507 e. The summed E-state index contributed by atoms with van der Waals surface area (Å²) in [6.07, 6.45) is 0. The molecule has 4 rings (SSSR count). The molecule has 0 spiro atoms. The fourth-order valence-corrected chi connectivity index (χ4v) is 6.47. The van der Waals surface area contributed by atoms with Crippen molar-refractivity contribution in [2.24, 2.45) is 0 Å². The van der Waals surface area contributed by atoms with Crippen LogP contribution in [0.5, 0.6) is 11.5 Å². The lowest BCUT2D eigenvalue weighted by molar-refractivity contribution is -0.129. The minimum atomic E-state index is -1.19. The molecule has 0 bridgehead atoms. The van der Waals surface area contributed by atoms with Crippen LogP contribution in [0, 0.1) is 6.92 Å². The monoisotopic (exact) mass is 678 g/mol. The molecule has 1 aromatic heterocycles. The molecule has 0 unspecified atom stereocenters. The molecule has 3 aromatic rings. The number of piperazine rings is 1. The lowest BCUT2D eigenvalue weighted by Gasteiger charge is -2.35. The van der Waals surface area contributed by atoms with Crippen molar-refractivity contribution in [1.29, 1.82) is 0 Å². The smallest absolute Gasteiger partial charge is 0.337 e. The van der Waals surface area contributed by atoms with E-state index in [-0.39, 0.29) is 38.8 Å². The number of thiocarbonyl (C=S) groups is 1. The zero-order valence-corrected chi connectivity index (χ0v) is 26.4. The molecule has 0 radical (unpaired) electrons. The maximum atomic E-state index is 12.0. The second kappa shape index (κ2) is 14.1. The van der Waals surface area contributed by atoms with Crippen LogP contribution in [0.25, 0.3) is 0 Å². The number of anilines is 2. The average molecular weight is 680 g/mol. The second-order valence-corrected chi connectivity index (χ2v) is 11.7. The van der Waals surface area contributed by atoms with Gasteiger partial charge in [-0.25, -0.2) is 4.79 Å². The first-order valence-corrected chi connectivity index (χ1v) is 15.3. The van der Waals surface area contributed by atoms with Gasteiger partial charge in [0, 0.05) is 67.6 Å². The number of aryl methyl sites for hydroxylation is 1. The van der Waals surface area contributed by atoms with Crippen LogP contribution in [0.1, 0.15) is 40.6 Å². The maximum Gasteiger partial charge on any atom is 0.337 e. The van der Waals surface area contributed by atoms with Crippen LogP contribution in [0.3, 0.4) is 0 Å². The summed E-state index contributed by atoms with van der Waals surface area (Å²) in [5, 5.41) is 30.9. The van der Waals surface area contributed by atoms with Crippen LogP contribution in [0.2, 0.25) is 0 Å². The number of hydrogen-bond donors (Lipinski definition) is 4. The van der Waals surface area contributed by atoms with Gasteiger partial charge in [-0.05, 0) is 59.3 Å². The number of ether oxygens (including phenoxy) is 1. The molecule has 15 heteroatoms. The van der Waals surface area contributed by atoms with Crippen molar-refractivity contribution < 1.29 is 29.1 Å². The summed E-state index contributed by atoms with van der Waals surface area (Å²) in [7, 11) is 1.40. The predicted molar refractivity (Wildman–Crippen MR) is 168 cm³/mol. The number of amides is 1. The molecule has 1 fully saturated rings. The van der Waals surface area contributed by atoms with Gasteiger partial charge in [-0.3, -0.25) is 4.79 Å². The van der Waals surface area contributed by atoms with Gasteiger partial charge in [0.1, 0.15) is 17.5 Å². The molecule has 42 heavy (non-hydrogen) atoms. The van der Waals surface area contributed by atoms with E-state index in [0.29, 0.717) is 35.7 Å². The first-order valence-electron chi connectivity index (χ1n) is 12.9. The van der Waals surface area contributed by atoms with Crippen LogP contribution in [-0.2, 0) is 10.5 Å². The number of carbonyl (C=O) groups is 2. The van der Waals surface area contributed by atoms with Crippen molar-refractivity contribution in [3.8, 4) is 11.5 Å². The third kappa shape index (κ3) is 7.63. The van der Waals surface area contributed by atoms with E-state index in [1.807, 2.05) is 29.2 Å². The Kier molecular flexibility index (Phi) is 10.5. The predicted octanol–water partition coefficient (Wildman–Crippen LogP) is 4.18. The van der Waals surface area contributed by atoms with Crippen LogP contribution >= 0.6 is 39.9 Å². The van der Waals surface area contributed by atoms with Crippen molar-refractivity contribution in [2.45, 2.75) is 25.6 Å². The van der Waals surface area contributed by atoms with E-state index >= 15 is 0 Å². The van der Waals surface area contributed by atoms with E-state index in [2.05, 4.69) is 41.6 Å². The minimum absolute atomic E-state index is 0.0705. The summed E-state index contributed by atoms with van der Waals surface area (Å²) < 4.78 is 10.8. The number of nitrogens with one attached hydrogen (secondary N) is 2. The molecule has 224 valence electrons. The third-order valence-electron chi connectivity index (χ3n) is 6.64. The standard InChI is InChI=1S/C27H31BrN6O6S2/c1-15-29-25(40-32-15)20(14-42-13-19-21(36)12-22(39-3)24(28)23(19)26(37)38)31-27(41)30-17-4-6-18(7-5-17)34-10-8-33(9-11-34)16(2)35/h4-7,12,20,36H,8-11,13-14H2,1-3H3,(H,37,38)(H2,30,31,41)/t20-/m0/s1. The Morgan fingerprint density at radius 2 is 1.93 bits per heavy atom. The van der Waals surface area contributed by atoms with Gasteiger partial charge in [0.15, 0.2) is 10.9 Å². The van der Waals surface area contributed by atoms with Gasteiger partial charge in [0.2, 0.25) is 11.8 Å². The van der Waals surface area contributed by atoms with Crippen molar-refractivity contribution in [1.82, 2.24) is 20.4 Å². The van der Waals surface area contributed by atoms with Crippen LogP contribution < -0.4 is 20.3 Å². The highest BCUT2D eigenvalue weighted by Gasteiger charge is 2.25. The lowest BCUT2D eigenvalue weighted by Crippen LogP contribution is -2.48. The molecular weight excluding hydrogens is 648 g/mol. The highest BCUT2D eigenvalue weighted by atomic mass is 79.9. The Morgan fingerprint density at radius 1 is 1.24 bits per heavy atom. The third-order valence-corrected chi connectivity index (χ3v) is 8.71. The quantitative estimate of drug-likeness (QED) is 0.227. The number of thioether (sulfide) groups is 1. The number of carbonyl (C=O) groups excluding carboxylic acids is 1. The molecular formula is C27H31BrN6O6S2. The zero-order chi connectivity index (χ0) is 30.4. The number of aromatic nitrogens is 2. The van der Waals surface area contributed by atoms with E-state index in [4.69, 9.17) is 21.5 Å². The summed E-state index contributed by atoms with van der Waals surface area (Å²) >= 11 is 10.2. The number of rotatable bonds is 10. The normalized spacial score (nSPS) is 13.9. The van der Waals surface area contributed by atoms with Gasteiger partial charge in [-0.15, -0.1) is 0 Å². The van der Waals surface area contributed by atoms with Crippen LogP contribution in [-0.4, -0.2) is 81.3 Å². The molecule has 0 aliphatic carbocycles. The van der Waals surface area contributed by atoms with Crippen molar-refractivity contribution >= 4 is 68.3 Å². The SMILES string of the molecule is COc1cc(O)c(CSC[C@H](NC(=S)Nc2ccc(N3CCN(C(C)=O)CC3)cc2)c2nc(C)no2)c(C(=O)O)c1Br. The van der Waals surface area contributed by atoms with E-state index in [1.165, 1.54) is 24.9 Å². The van der Waals surface area contributed by atoms with E-state index in [9.17, 15) is 19.8 Å². The highest BCUT2D eigenvalue weighted by Crippen LogP contribution is 2.39. The van der Waals surface area contributed by atoms with Gasteiger partial charge in [0.25, 0.3) is 0 Å². The first-order chi connectivity index (χ1) is 20.1. The number of benzene rings is 2. The average Bonchev–Trinajstić information content (AvgIpc) is 3.40. The number of aromatic hydroxyl groups is 1. The fraction of sp³-hybridized carbons (Fsp3) is 0.370. The van der Waals surface area contributed by atoms with Gasteiger partial charge in [0.05, 0.1) is 17.1 Å². The van der Waals surface area contributed by atoms with E-state index < -0.39 is 12.0 Å². The molecule has 0 saturated carbocycles. The number of nitrogens with zero attached hydrogens (tertiary/aromatic N) is 4. The molecule has 4 N–H and O–H groups in total. The van der Waals surface area contributed by atoms with Crippen LogP contribution in [0.15, 0.2) is 39.3 Å². The zero-order valence-electron chi connectivity index (χ0n) is 23.2. The first kappa shape index (κ1) is 31.4. The van der Waals surface area contributed by atoms with Gasteiger partial charge in [-0.1, -0.05) is 5.16 Å². The number of methoxy groups -OCH3 is 1. The number of aromatic carboxylic acids is 1. The largest absolute Gasteiger partial charge is 0.507 e. The lowest BCUT2D eigenvalue weighted by atomic mass is 10.1. The van der Waals surface area contributed by atoms with Crippen molar-refractivity contribution in [2.75, 3.05) is 49.3 Å². The van der Waals surface area contributed by atoms with Gasteiger partial charge >= 0.3 is 5.97 Å². The number of carboxylic acid groups (broad SMARTS) is 1. The topological polar surface area (TPSA) is 153 Å². The fourth-order valence-electron chi connectivity index (χ4n) is 4.44. The summed E-state index contributed by atoms with van der Waals surface area (Å²) in [5.74, 6) is 0.288. The molecule has 1 aliphatic heterocycles. The Labute approximate surface area is 260 Å². The summed E-state index contributed by atoms with van der Waals surface area (Å²) in [6.45, 7) is 6.25. The molecule has 1 atom stereocenters. The van der Waals surface area contributed by atoms with Gasteiger partial charge in [-0.2, -0.15) is 16.7 Å². The number of hydrogen-bond acceptors (Lipinski definition) is 10. The number of carboxylic acids is 1. The highest BCUT2D eigenvalue weighted by molar-refractivity contribution is 9.10. The molecule has 2 heterocycles. The number of phenolic OH excluding ortho intramolecular Hbond substituents is 1. The Morgan fingerprint density at radius 3 is 2.50 bits per heavy atom. The van der Waals surface area contributed by atoms with Crippen LogP contribution in [0.4, 0.5) is 11.4 Å². The van der Waals surface area contributed by atoms with Gasteiger partial charge < -0.3 is 39.9 Å². The molecule has 12 nitrogen and oxygen atoms in total. The Hall–Kier alpha value is -3.56. The van der Waals surface area contributed by atoms with E-state index in [1.54, 1.807) is 13.8 Å². The molecule has 1 saturated heterocycles. The molecule has 1 aliphatic rings. The summed E-state index contributed by atoms with van der Waals surface area (Å²) in [5.41, 5.74) is 2.03. The maximum absolute atomic E-state index is 12.0. The van der Waals surface area contributed by atoms with Crippen molar-refractivity contribution in [3.05, 3.63) is 57.6 Å². The molecule has 1 amide bonds. The van der Waals surface area contributed by atoms with Crippen molar-refractivity contribution in [3.63, 3.8) is 0 Å². The molecule has 2 aromatic carbocycles. The summed E-state index contributed by atoms with van der Waals surface area (Å²) in [6, 6.07) is 8.74. The second-order valence-electron chi connectivity index (χ2n) is 9.46. The summed E-state index contributed by atoms with van der Waals surface area (Å²) in [4.78, 5) is 32.0. The van der Waals surface area contributed by atoms with E-state index in [0.717, 1.165) is 24.5 Å². The Bertz CT molecular complexity index is 1450. The number of phenols is 1. The number of halogens is 1.